The lowest BCUT2D eigenvalue weighted by atomic mass is 9.72. The Hall–Kier alpha value is -2.37. The number of aliphatic hydroxyl groups is 1. The number of hydrogen-bond acceptors (Lipinski definition) is 4. The van der Waals surface area contributed by atoms with E-state index in [0.717, 1.165) is 41.1 Å². The van der Waals surface area contributed by atoms with Crippen LogP contribution in [0, 0.1) is 6.92 Å². The van der Waals surface area contributed by atoms with Gasteiger partial charge in [0.2, 0.25) is 0 Å². The predicted octanol–water partition coefficient (Wildman–Crippen LogP) is 5.01. The minimum Gasteiger partial charge on any atom is -0.497 e. The summed E-state index contributed by atoms with van der Waals surface area (Å²) >= 11 is 6.21. The number of morpholine rings is 1. The van der Waals surface area contributed by atoms with Crippen LogP contribution in [0.15, 0.2) is 72.8 Å². The minimum absolute atomic E-state index is 0.215. The molecular formula is C27H30ClNO3. The summed E-state index contributed by atoms with van der Waals surface area (Å²) < 4.78 is 10.9. The Morgan fingerprint density at radius 3 is 2.31 bits per heavy atom. The fourth-order valence-corrected chi connectivity index (χ4v) is 4.64. The Kier molecular flexibility index (Phi) is 7.17. The highest BCUT2D eigenvalue weighted by molar-refractivity contribution is 6.30. The molecule has 2 atom stereocenters. The molecule has 0 aromatic heterocycles. The molecule has 1 fully saturated rings. The summed E-state index contributed by atoms with van der Waals surface area (Å²) in [5, 5.41) is 13.3. The number of ether oxygens (including phenoxy) is 2. The fourth-order valence-electron chi connectivity index (χ4n) is 4.51. The molecule has 32 heavy (non-hydrogen) atoms. The van der Waals surface area contributed by atoms with Gasteiger partial charge < -0.3 is 14.6 Å². The van der Waals surface area contributed by atoms with Crippen LogP contribution in [-0.4, -0.2) is 50.0 Å². The summed E-state index contributed by atoms with van der Waals surface area (Å²) in [5.41, 5.74) is 2.61. The van der Waals surface area contributed by atoms with Crippen molar-refractivity contribution in [3.8, 4) is 5.75 Å². The van der Waals surface area contributed by atoms with Gasteiger partial charge in [-0.25, -0.2) is 0 Å². The van der Waals surface area contributed by atoms with Gasteiger partial charge in [0.15, 0.2) is 0 Å². The number of benzene rings is 3. The van der Waals surface area contributed by atoms with E-state index < -0.39 is 5.60 Å². The Morgan fingerprint density at radius 1 is 1.00 bits per heavy atom. The second-order valence-electron chi connectivity index (χ2n) is 8.38. The summed E-state index contributed by atoms with van der Waals surface area (Å²) in [6.45, 7) is 5.85. The first kappa shape index (κ1) is 22.8. The van der Waals surface area contributed by atoms with Crippen LogP contribution in [0.1, 0.15) is 28.2 Å². The van der Waals surface area contributed by atoms with E-state index in [-0.39, 0.29) is 5.92 Å². The summed E-state index contributed by atoms with van der Waals surface area (Å²) in [6.07, 6.45) is 0. The standard InChI is InChI=1S/C27H30ClNO3/c1-20-4-3-5-23(18-20)27(30,22-8-12-25(31-2)13-9-22)26(19-29-14-16-32-17-15-29)21-6-10-24(28)11-7-21/h3-13,18,26,30H,14-17,19H2,1-2H3/t26-,27-/m1/s1. The molecule has 1 aliphatic heterocycles. The molecule has 0 amide bonds. The molecule has 1 aliphatic rings. The molecule has 0 radical (unpaired) electrons. The van der Waals surface area contributed by atoms with Crippen molar-refractivity contribution in [2.24, 2.45) is 0 Å². The van der Waals surface area contributed by atoms with Crippen LogP contribution in [0.4, 0.5) is 0 Å². The van der Waals surface area contributed by atoms with Gasteiger partial charge in [0.1, 0.15) is 11.4 Å². The molecule has 1 N–H and O–H groups in total. The molecule has 168 valence electrons. The fraction of sp³-hybridized carbons (Fsp3) is 0.333. The lowest BCUT2D eigenvalue weighted by Gasteiger charge is -2.41. The highest BCUT2D eigenvalue weighted by Gasteiger charge is 2.42. The normalized spacial score (nSPS) is 17.5. The molecular weight excluding hydrogens is 422 g/mol. The van der Waals surface area contributed by atoms with Crippen molar-refractivity contribution in [1.82, 2.24) is 4.90 Å². The third-order valence-electron chi connectivity index (χ3n) is 6.31. The van der Waals surface area contributed by atoms with Crippen molar-refractivity contribution < 1.29 is 14.6 Å². The smallest absolute Gasteiger partial charge is 0.123 e. The zero-order valence-electron chi connectivity index (χ0n) is 18.6. The van der Waals surface area contributed by atoms with Gasteiger partial charge in [-0.3, -0.25) is 4.90 Å². The summed E-state index contributed by atoms with van der Waals surface area (Å²) in [4.78, 5) is 2.37. The van der Waals surface area contributed by atoms with Gasteiger partial charge in [-0.15, -0.1) is 0 Å². The maximum absolute atomic E-state index is 12.6. The largest absolute Gasteiger partial charge is 0.497 e. The van der Waals surface area contributed by atoms with Gasteiger partial charge >= 0.3 is 0 Å². The van der Waals surface area contributed by atoms with E-state index in [4.69, 9.17) is 21.1 Å². The maximum atomic E-state index is 12.6. The number of rotatable bonds is 7. The zero-order chi connectivity index (χ0) is 22.6. The van der Waals surface area contributed by atoms with Crippen LogP contribution >= 0.6 is 11.6 Å². The molecule has 0 saturated carbocycles. The number of aryl methyl sites for hydroxylation is 1. The number of methoxy groups -OCH3 is 1. The van der Waals surface area contributed by atoms with Crippen molar-refractivity contribution in [2.45, 2.75) is 18.4 Å². The summed E-state index contributed by atoms with van der Waals surface area (Å²) in [5.74, 6) is 0.546. The van der Waals surface area contributed by atoms with Gasteiger partial charge in [0.25, 0.3) is 0 Å². The van der Waals surface area contributed by atoms with Crippen LogP contribution in [-0.2, 0) is 10.3 Å². The van der Waals surface area contributed by atoms with E-state index in [0.29, 0.717) is 24.8 Å². The highest BCUT2D eigenvalue weighted by atomic mass is 35.5. The second kappa shape index (κ2) is 10.1. The van der Waals surface area contributed by atoms with E-state index in [1.807, 2.05) is 60.7 Å². The van der Waals surface area contributed by atoms with Crippen molar-refractivity contribution in [3.05, 3.63) is 100 Å². The average Bonchev–Trinajstić information content (AvgIpc) is 2.83. The van der Waals surface area contributed by atoms with Crippen molar-refractivity contribution in [3.63, 3.8) is 0 Å². The van der Waals surface area contributed by atoms with E-state index in [9.17, 15) is 5.11 Å². The summed E-state index contributed by atoms with van der Waals surface area (Å²) in [7, 11) is 1.65. The Morgan fingerprint density at radius 2 is 1.69 bits per heavy atom. The van der Waals surface area contributed by atoms with E-state index in [1.165, 1.54) is 0 Å². The molecule has 3 aromatic carbocycles. The average molecular weight is 452 g/mol. The first-order chi connectivity index (χ1) is 15.5. The second-order valence-corrected chi connectivity index (χ2v) is 8.82. The highest BCUT2D eigenvalue weighted by Crippen LogP contribution is 2.44. The third-order valence-corrected chi connectivity index (χ3v) is 6.56. The maximum Gasteiger partial charge on any atom is 0.123 e. The molecule has 0 aliphatic carbocycles. The third kappa shape index (κ3) is 4.84. The Bertz CT molecular complexity index is 1020. The van der Waals surface area contributed by atoms with Gasteiger partial charge in [-0.2, -0.15) is 0 Å². The van der Waals surface area contributed by atoms with Crippen LogP contribution < -0.4 is 4.74 Å². The van der Waals surface area contributed by atoms with Crippen molar-refractivity contribution in [1.29, 1.82) is 0 Å². The molecule has 4 nitrogen and oxygen atoms in total. The first-order valence-corrected chi connectivity index (χ1v) is 11.4. The van der Waals surface area contributed by atoms with Gasteiger partial charge in [-0.05, 0) is 47.9 Å². The van der Waals surface area contributed by atoms with Crippen molar-refractivity contribution >= 4 is 11.6 Å². The minimum atomic E-state index is -1.25. The quantitative estimate of drug-likeness (QED) is 0.548. The van der Waals surface area contributed by atoms with Gasteiger partial charge in [0.05, 0.1) is 20.3 Å². The predicted molar refractivity (Wildman–Crippen MR) is 129 cm³/mol. The summed E-state index contributed by atoms with van der Waals surface area (Å²) in [6, 6.07) is 23.7. The number of nitrogens with zero attached hydrogens (tertiary/aromatic N) is 1. The molecule has 0 unspecified atom stereocenters. The van der Waals surface area contributed by atoms with Crippen LogP contribution in [0.25, 0.3) is 0 Å². The number of halogens is 1. The molecule has 0 bridgehead atoms. The lowest BCUT2D eigenvalue weighted by molar-refractivity contribution is 0.000733. The van der Waals surface area contributed by atoms with Crippen LogP contribution in [0.5, 0.6) is 5.75 Å². The molecule has 0 spiro atoms. The van der Waals surface area contributed by atoms with Crippen LogP contribution in [0.2, 0.25) is 5.02 Å². The molecule has 1 saturated heterocycles. The monoisotopic (exact) mass is 451 g/mol. The van der Waals surface area contributed by atoms with E-state index >= 15 is 0 Å². The Labute approximate surface area is 195 Å². The zero-order valence-corrected chi connectivity index (χ0v) is 19.4. The first-order valence-electron chi connectivity index (χ1n) is 11.0. The molecule has 3 aromatic rings. The van der Waals surface area contributed by atoms with Crippen LogP contribution in [0.3, 0.4) is 0 Å². The topological polar surface area (TPSA) is 41.9 Å². The number of hydrogen-bond donors (Lipinski definition) is 1. The van der Waals surface area contributed by atoms with Gasteiger partial charge in [0, 0.05) is 30.6 Å². The lowest BCUT2D eigenvalue weighted by Crippen LogP contribution is -2.45. The van der Waals surface area contributed by atoms with Gasteiger partial charge in [-0.1, -0.05) is 65.7 Å². The molecule has 4 rings (SSSR count). The van der Waals surface area contributed by atoms with Crippen molar-refractivity contribution in [2.75, 3.05) is 40.0 Å². The molecule has 5 heteroatoms. The Balaban J connectivity index is 1.87. The SMILES string of the molecule is COc1ccc([C@@](O)(c2cccc(C)c2)[C@H](CN2CCOCC2)c2ccc(Cl)cc2)cc1. The van der Waals surface area contributed by atoms with E-state index in [2.05, 4.69) is 24.0 Å². The van der Waals surface area contributed by atoms with E-state index in [1.54, 1.807) is 7.11 Å². The molecule has 1 heterocycles.